The Hall–Kier alpha value is -2.76. The number of amides is 1. The van der Waals surface area contributed by atoms with E-state index in [1.54, 1.807) is 24.3 Å². The van der Waals surface area contributed by atoms with E-state index in [2.05, 4.69) is 10.3 Å². The average Bonchev–Trinajstić information content (AvgIpc) is 2.58. The number of para-hydroxylation sites is 1. The SMILES string of the molecule is O=C1CCC[C@H]([C@H](NC(=O)c2ccnc3ccccc23)C(=O)O)C1. The molecule has 1 aliphatic carbocycles. The summed E-state index contributed by atoms with van der Waals surface area (Å²) >= 11 is 0. The van der Waals surface area contributed by atoms with Crippen molar-refractivity contribution in [2.75, 3.05) is 0 Å². The Balaban J connectivity index is 1.85. The van der Waals surface area contributed by atoms with Gasteiger partial charge in [0.15, 0.2) is 0 Å². The maximum absolute atomic E-state index is 12.6. The van der Waals surface area contributed by atoms with E-state index in [9.17, 15) is 19.5 Å². The summed E-state index contributed by atoms with van der Waals surface area (Å²) in [6, 6.07) is 7.70. The largest absolute Gasteiger partial charge is 0.480 e. The summed E-state index contributed by atoms with van der Waals surface area (Å²) < 4.78 is 0. The summed E-state index contributed by atoms with van der Waals surface area (Å²) in [6.45, 7) is 0. The van der Waals surface area contributed by atoms with Crippen LogP contribution in [-0.2, 0) is 9.59 Å². The quantitative estimate of drug-likeness (QED) is 0.897. The van der Waals surface area contributed by atoms with Crippen molar-refractivity contribution in [3.63, 3.8) is 0 Å². The van der Waals surface area contributed by atoms with Crippen LogP contribution in [0.3, 0.4) is 0 Å². The lowest BCUT2D eigenvalue weighted by Crippen LogP contribution is -2.47. The van der Waals surface area contributed by atoms with Crippen LogP contribution in [-0.4, -0.2) is 33.8 Å². The highest BCUT2D eigenvalue weighted by atomic mass is 16.4. The lowest BCUT2D eigenvalue weighted by Gasteiger charge is -2.27. The van der Waals surface area contributed by atoms with Crippen LogP contribution in [0, 0.1) is 5.92 Å². The minimum Gasteiger partial charge on any atom is -0.480 e. The van der Waals surface area contributed by atoms with Gasteiger partial charge in [-0.1, -0.05) is 18.2 Å². The number of nitrogens with zero attached hydrogens (tertiary/aromatic N) is 1. The Bertz CT molecular complexity index is 797. The molecule has 1 aromatic heterocycles. The Morgan fingerprint density at radius 2 is 2.04 bits per heavy atom. The molecule has 0 spiro atoms. The summed E-state index contributed by atoms with van der Waals surface area (Å²) in [4.78, 5) is 40.0. The van der Waals surface area contributed by atoms with Gasteiger partial charge in [0.25, 0.3) is 5.91 Å². The predicted molar refractivity (Wildman–Crippen MR) is 87.6 cm³/mol. The number of Topliss-reactive ketones (excluding diaryl/α,β-unsaturated/α-hetero) is 1. The number of aliphatic carboxylic acids is 1. The monoisotopic (exact) mass is 326 g/mol. The van der Waals surface area contributed by atoms with Crippen LogP contribution in [0.5, 0.6) is 0 Å². The number of ketones is 1. The fourth-order valence-corrected chi connectivity index (χ4v) is 3.24. The second-order valence-corrected chi connectivity index (χ2v) is 6.06. The third kappa shape index (κ3) is 3.27. The number of rotatable bonds is 4. The van der Waals surface area contributed by atoms with Crippen LogP contribution >= 0.6 is 0 Å². The van der Waals surface area contributed by atoms with E-state index < -0.39 is 17.9 Å². The molecule has 1 aromatic carbocycles. The molecule has 3 rings (SSSR count). The third-order valence-electron chi connectivity index (χ3n) is 4.44. The molecule has 1 amide bonds. The molecule has 1 aliphatic rings. The first-order valence-corrected chi connectivity index (χ1v) is 7.95. The van der Waals surface area contributed by atoms with Crippen LogP contribution < -0.4 is 5.32 Å². The molecule has 2 N–H and O–H groups in total. The molecule has 0 unspecified atom stereocenters. The fraction of sp³-hybridized carbons (Fsp3) is 0.333. The lowest BCUT2D eigenvalue weighted by molar-refractivity contribution is -0.141. The van der Waals surface area contributed by atoms with E-state index in [0.29, 0.717) is 35.7 Å². The van der Waals surface area contributed by atoms with Gasteiger partial charge in [0, 0.05) is 24.4 Å². The Morgan fingerprint density at radius 3 is 2.79 bits per heavy atom. The van der Waals surface area contributed by atoms with Crippen molar-refractivity contribution in [3.05, 3.63) is 42.1 Å². The number of hydrogen-bond acceptors (Lipinski definition) is 4. The number of nitrogens with one attached hydrogen (secondary N) is 1. The molecule has 2 aromatic rings. The van der Waals surface area contributed by atoms with Crippen molar-refractivity contribution in [2.45, 2.75) is 31.7 Å². The van der Waals surface area contributed by atoms with Crippen molar-refractivity contribution < 1.29 is 19.5 Å². The molecule has 6 nitrogen and oxygen atoms in total. The molecular formula is C18H18N2O4. The molecule has 1 heterocycles. The summed E-state index contributed by atoms with van der Waals surface area (Å²) in [5.74, 6) is -1.87. The molecular weight excluding hydrogens is 308 g/mol. The number of hydrogen-bond donors (Lipinski definition) is 2. The number of fused-ring (bicyclic) bond motifs is 1. The van der Waals surface area contributed by atoms with Crippen LogP contribution in [0.1, 0.15) is 36.0 Å². The Morgan fingerprint density at radius 1 is 1.25 bits per heavy atom. The molecule has 1 fully saturated rings. The highest BCUT2D eigenvalue weighted by molar-refractivity contribution is 6.07. The van der Waals surface area contributed by atoms with Gasteiger partial charge >= 0.3 is 5.97 Å². The first-order valence-electron chi connectivity index (χ1n) is 7.95. The third-order valence-corrected chi connectivity index (χ3v) is 4.44. The van der Waals surface area contributed by atoms with Gasteiger partial charge in [0.2, 0.25) is 0 Å². The Labute approximate surface area is 138 Å². The molecule has 1 saturated carbocycles. The first-order chi connectivity index (χ1) is 11.6. The van der Waals surface area contributed by atoms with E-state index in [4.69, 9.17) is 0 Å². The lowest BCUT2D eigenvalue weighted by atomic mass is 9.83. The summed E-state index contributed by atoms with van der Waals surface area (Å²) in [5, 5.41) is 12.7. The number of carboxylic acids is 1. The van der Waals surface area contributed by atoms with Crippen molar-refractivity contribution in [1.82, 2.24) is 10.3 Å². The molecule has 0 aliphatic heterocycles. The smallest absolute Gasteiger partial charge is 0.326 e. The number of benzene rings is 1. The van der Waals surface area contributed by atoms with Gasteiger partial charge < -0.3 is 10.4 Å². The molecule has 0 radical (unpaired) electrons. The standard InChI is InChI=1S/C18H18N2O4/c21-12-5-3-4-11(10-12)16(18(23)24)20-17(22)14-8-9-19-15-7-2-1-6-13(14)15/h1-2,6-9,11,16H,3-5,10H2,(H,20,22)(H,23,24)/t11-,16-/m0/s1. The van der Waals surface area contributed by atoms with E-state index in [-0.39, 0.29) is 18.1 Å². The van der Waals surface area contributed by atoms with Crippen molar-refractivity contribution in [2.24, 2.45) is 5.92 Å². The van der Waals surface area contributed by atoms with Gasteiger partial charge in [-0.3, -0.25) is 14.6 Å². The highest BCUT2D eigenvalue weighted by Crippen LogP contribution is 2.25. The zero-order valence-corrected chi connectivity index (χ0v) is 13.1. The molecule has 0 bridgehead atoms. The van der Waals surface area contributed by atoms with Gasteiger partial charge in [0.05, 0.1) is 11.1 Å². The first kappa shape index (κ1) is 16.1. The summed E-state index contributed by atoms with van der Waals surface area (Å²) in [6.07, 6.45) is 3.51. The Kier molecular flexibility index (Phi) is 4.55. The van der Waals surface area contributed by atoms with Crippen LogP contribution in [0.4, 0.5) is 0 Å². The van der Waals surface area contributed by atoms with Gasteiger partial charge in [-0.15, -0.1) is 0 Å². The van der Waals surface area contributed by atoms with Crippen molar-refractivity contribution >= 4 is 28.6 Å². The van der Waals surface area contributed by atoms with Crippen LogP contribution in [0.25, 0.3) is 10.9 Å². The zero-order chi connectivity index (χ0) is 17.1. The molecule has 24 heavy (non-hydrogen) atoms. The van der Waals surface area contributed by atoms with Gasteiger partial charge in [0.1, 0.15) is 11.8 Å². The van der Waals surface area contributed by atoms with Crippen molar-refractivity contribution in [3.8, 4) is 0 Å². The van der Waals surface area contributed by atoms with E-state index in [0.717, 1.165) is 0 Å². The second kappa shape index (κ2) is 6.78. The molecule has 124 valence electrons. The maximum atomic E-state index is 12.6. The number of carbonyl (C=O) groups excluding carboxylic acids is 2. The highest BCUT2D eigenvalue weighted by Gasteiger charge is 2.33. The number of aromatic nitrogens is 1. The van der Waals surface area contributed by atoms with Gasteiger partial charge in [-0.2, -0.15) is 0 Å². The van der Waals surface area contributed by atoms with Gasteiger partial charge in [-0.05, 0) is 30.9 Å². The van der Waals surface area contributed by atoms with Crippen molar-refractivity contribution in [1.29, 1.82) is 0 Å². The number of carbonyl (C=O) groups is 3. The van der Waals surface area contributed by atoms with E-state index >= 15 is 0 Å². The molecule has 0 saturated heterocycles. The normalized spacial score (nSPS) is 19.0. The van der Waals surface area contributed by atoms with Crippen LogP contribution in [0.15, 0.2) is 36.5 Å². The van der Waals surface area contributed by atoms with Gasteiger partial charge in [-0.25, -0.2) is 4.79 Å². The number of pyridine rings is 1. The summed E-state index contributed by atoms with van der Waals surface area (Å²) in [7, 11) is 0. The molecule has 2 atom stereocenters. The van der Waals surface area contributed by atoms with E-state index in [1.807, 2.05) is 6.07 Å². The molecule has 6 heteroatoms. The zero-order valence-electron chi connectivity index (χ0n) is 13.1. The minimum absolute atomic E-state index is 0.0566. The minimum atomic E-state index is -1.11. The average molecular weight is 326 g/mol. The summed E-state index contributed by atoms with van der Waals surface area (Å²) in [5.41, 5.74) is 1.05. The fourth-order valence-electron chi connectivity index (χ4n) is 3.24. The van der Waals surface area contributed by atoms with E-state index in [1.165, 1.54) is 6.20 Å². The van der Waals surface area contributed by atoms with Crippen LogP contribution in [0.2, 0.25) is 0 Å². The second-order valence-electron chi connectivity index (χ2n) is 6.06. The predicted octanol–water partition coefficient (Wildman–Crippen LogP) is 2.18. The number of carboxylic acid groups (broad SMARTS) is 1. The maximum Gasteiger partial charge on any atom is 0.326 e. The topological polar surface area (TPSA) is 96.4 Å².